The first-order chi connectivity index (χ1) is 11.8. The van der Waals surface area contributed by atoms with E-state index in [0.29, 0.717) is 0 Å². The Morgan fingerprint density at radius 3 is 2.58 bits per heavy atom. The van der Waals surface area contributed by atoms with Crippen LogP contribution < -0.4 is 0 Å². The van der Waals surface area contributed by atoms with Crippen LogP contribution in [0.1, 0.15) is 17.1 Å². The molecule has 0 unspecified atom stereocenters. The van der Waals surface area contributed by atoms with Gasteiger partial charge in [-0.1, -0.05) is 5.16 Å². The highest BCUT2D eigenvalue weighted by atomic mass is 32.1. The van der Waals surface area contributed by atoms with Gasteiger partial charge in [0.05, 0.1) is 17.9 Å². The molecule has 1 fully saturated rings. The van der Waals surface area contributed by atoms with Crippen molar-refractivity contribution in [2.75, 3.05) is 26.2 Å². The summed E-state index contributed by atoms with van der Waals surface area (Å²) in [5.41, 5.74) is 3.37. The van der Waals surface area contributed by atoms with Crippen LogP contribution in [-0.2, 0) is 13.1 Å². The Balaban J connectivity index is 1.29. The summed E-state index contributed by atoms with van der Waals surface area (Å²) in [4.78, 5) is 9.69. The van der Waals surface area contributed by atoms with E-state index in [1.54, 1.807) is 22.7 Å². The minimum atomic E-state index is 0.855. The maximum Gasteiger partial charge on any atom is 0.150 e. The van der Waals surface area contributed by atoms with Crippen LogP contribution >= 0.6 is 22.7 Å². The molecule has 0 radical (unpaired) electrons. The smallest absolute Gasteiger partial charge is 0.150 e. The SMILES string of the molecule is Cc1cc(CN2CCN(Cc3csc(-c4ccsc4)n3)CC2)on1. The minimum absolute atomic E-state index is 0.855. The molecule has 0 aliphatic carbocycles. The molecule has 4 heterocycles. The topological polar surface area (TPSA) is 45.4 Å². The Morgan fingerprint density at radius 2 is 1.92 bits per heavy atom. The summed E-state index contributed by atoms with van der Waals surface area (Å²) < 4.78 is 5.31. The second-order valence-electron chi connectivity index (χ2n) is 6.14. The summed E-state index contributed by atoms with van der Waals surface area (Å²) in [6.45, 7) is 8.01. The molecule has 0 saturated carbocycles. The highest BCUT2D eigenvalue weighted by molar-refractivity contribution is 7.14. The number of hydrogen-bond acceptors (Lipinski definition) is 7. The average Bonchev–Trinajstić information content (AvgIpc) is 3.31. The standard InChI is InChI=1S/C17H20N4OS2/c1-13-8-16(22-19-13)10-21-5-3-20(4-6-21)9-15-12-24-17(18-15)14-2-7-23-11-14/h2,7-8,11-12H,3-6,9-10H2,1H3. The second kappa shape index (κ2) is 7.14. The van der Waals surface area contributed by atoms with Gasteiger partial charge in [-0.3, -0.25) is 9.80 Å². The van der Waals surface area contributed by atoms with Crippen LogP contribution in [0.2, 0.25) is 0 Å². The van der Waals surface area contributed by atoms with Crippen LogP contribution in [-0.4, -0.2) is 46.1 Å². The van der Waals surface area contributed by atoms with E-state index >= 15 is 0 Å². The fourth-order valence-corrected chi connectivity index (χ4v) is 4.47. The minimum Gasteiger partial charge on any atom is -0.360 e. The van der Waals surface area contributed by atoms with E-state index in [9.17, 15) is 0 Å². The number of thiazole rings is 1. The Hall–Kier alpha value is -1.54. The number of hydrogen-bond donors (Lipinski definition) is 0. The van der Waals surface area contributed by atoms with E-state index < -0.39 is 0 Å². The molecule has 3 aromatic heterocycles. The van der Waals surface area contributed by atoms with Crippen molar-refractivity contribution in [1.29, 1.82) is 0 Å². The molecule has 126 valence electrons. The first kappa shape index (κ1) is 16.0. The van der Waals surface area contributed by atoms with E-state index in [1.807, 2.05) is 13.0 Å². The molecule has 4 rings (SSSR count). The molecule has 0 aromatic carbocycles. The summed E-state index contributed by atoms with van der Waals surface area (Å²) in [7, 11) is 0. The Kier molecular flexibility index (Phi) is 4.75. The molecular weight excluding hydrogens is 340 g/mol. The summed E-state index contributed by atoms with van der Waals surface area (Å²) in [6.07, 6.45) is 0. The van der Waals surface area contributed by atoms with Crippen LogP contribution in [0.25, 0.3) is 10.6 Å². The quantitative estimate of drug-likeness (QED) is 0.697. The molecule has 7 heteroatoms. The molecule has 0 bridgehead atoms. The van der Waals surface area contributed by atoms with Gasteiger partial charge in [-0.2, -0.15) is 11.3 Å². The molecule has 0 spiro atoms. The molecule has 3 aromatic rings. The van der Waals surface area contributed by atoms with Crippen molar-refractivity contribution < 1.29 is 4.52 Å². The molecule has 0 amide bonds. The van der Waals surface area contributed by atoms with Gasteiger partial charge in [0.1, 0.15) is 5.01 Å². The van der Waals surface area contributed by atoms with Crippen molar-refractivity contribution in [1.82, 2.24) is 19.9 Å². The molecule has 1 saturated heterocycles. The number of aryl methyl sites for hydroxylation is 1. The molecular formula is C17H20N4OS2. The van der Waals surface area contributed by atoms with E-state index in [0.717, 1.165) is 55.7 Å². The van der Waals surface area contributed by atoms with Crippen LogP contribution in [0.5, 0.6) is 0 Å². The lowest BCUT2D eigenvalue weighted by Crippen LogP contribution is -2.45. The maximum absolute atomic E-state index is 5.31. The van der Waals surface area contributed by atoms with Crippen LogP contribution in [0, 0.1) is 6.92 Å². The number of aromatic nitrogens is 2. The molecule has 0 atom stereocenters. The first-order valence-electron chi connectivity index (χ1n) is 8.10. The molecule has 1 aliphatic rings. The van der Waals surface area contributed by atoms with Crippen LogP contribution in [0.4, 0.5) is 0 Å². The van der Waals surface area contributed by atoms with Gasteiger partial charge >= 0.3 is 0 Å². The summed E-state index contributed by atoms with van der Waals surface area (Å²) >= 11 is 3.46. The van der Waals surface area contributed by atoms with Gasteiger partial charge in [0.2, 0.25) is 0 Å². The number of piperazine rings is 1. The molecule has 0 N–H and O–H groups in total. The van der Waals surface area contributed by atoms with Gasteiger partial charge in [-0.15, -0.1) is 11.3 Å². The van der Waals surface area contributed by atoms with E-state index in [-0.39, 0.29) is 0 Å². The first-order valence-corrected chi connectivity index (χ1v) is 9.92. The Bertz CT molecular complexity index is 772. The zero-order valence-electron chi connectivity index (χ0n) is 13.6. The predicted octanol–water partition coefficient (Wildman–Crippen LogP) is 3.49. The van der Waals surface area contributed by atoms with Gasteiger partial charge in [0.15, 0.2) is 5.76 Å². The number of rotatable bonds is 5. The van der Waals surface area contributed by atoms with Crippen molar-refractivity contribution in [2.45, 2.75) is 20.0 Å². The Morgan fingerprint density at radius 1 is 1.12 bits per heavy atom. The van der Waals surface area contributed by atoms with Crippen molar-refractivity contribution in [3.05, 3.63) is 45.4 Å². The van der Waals surface area contributed by atoms with Crippen molar-refractivity contribution >= 4 is 22.7 Å². The van der Waals surface area contributed by atoms with Gasteiger partial charge in [0.25, 0.3) is 0 Å². The lowest BCUT2D eigenvalue weighted by atomic mass is 10.2. The normalized spacial score (nSPS) is 16.7. The largest absolute Gasteiger partial charge is 0.360 e. The zero-order chi connectivity index (χ0) is 16.4. The third kappa shape index (κ3) is 3.75. The molecule has 1 aliphatic heterocycles. The fraction of sp³-hybridized carbons (Fsp3) is 0.412. The Labute approximate surface area is 149 Å². The average molecular weight is 361 g/mol. The predicted molar refractivity (Wildman–Crippen MR) is 97.2 cm³/mol. The van der Waals surface area contributed by atoms with E-state index in [4.69, 9.17) is 9.51 Å². The zero-order valence-corrected chi connectivity index (χ0v) is 15.3. The van der Waals surface area contributed by atoms with Crippen molar-refractivity contribution in [3.8, 4) is 10.6 Å². The van der Waals surface area contributed by atoms with Crippen LogP contribution in [0.15, 0.2) is 32.8 Å². The third-order valence-corrected chi connectivity index (χ3v) is 5.85. The van der Waals surface area contributed by atoms with Gasteiger partial charge in [0, 0.05) is 55.1 Å². The number of thiophene rings is 1. The van der Waals surface area contributed by atoms with Crippen molar-refractivity contribution in [3.63, 3.8) is 0 Å². The van der Waals surface area contributed by atoms with E-state index in [2.05, 4.69) is 37.2 Å². The maximum atomic E-state index is 5.31. The third-order valence-electron chi connectivity index (χ3n) is 4.23. The highest BCUT2D eigenvalue weighted by Gasteiger charge is 2.19. The number of nitrogens with zero attached hydrogens (tertiary/aromatic N) is 4. The molecule has 24 heavy (non-hydrogen) atoms. The van der Waals surface area contributed by atoms with Gasteiger partial charge < -0.3 is 4.52 Å². The summed E-state index contributed by atoms with van der Waals surface area (Å²) in [5.74, 6) is 0.959. The van der Waals surface area contributed by atoms with Gasteiger partial charge in [-0.05, 0) is 18.4 Å². The van der Waals surface area contributed by atoms with Gasteiger partial charge in [-0.25, -0.2) is 4.98 Å². The lowest BCUT2D eigenvalue weighted by molar-refractivity contribution is 0.113. The summed E-state index contributed by atoms with van der Waals surface area (Å²) in [6, 6.07) is 4.16. The van der Waals surface area contributed by atoms with Crippen LogP contribution in [0.3, 0.4) is 0 Å². The lowest BCUT2D eigenvalue weighted by Gasteiger charge is -2.33. The fourth-order valence-electron chi connectivity index (χ4n) is 2.94. The second-order valence-corrected chi connectivity index (χ2v) is 7.78. The van der Waals surface area contributed by atoms with Crippen molar-refractivity contribution in [2.24, 2.45) is 0 Å². The highest BCUT2D eigenvalue weighted by Crippen LogP contribution is 2.26. The van der Waals surface area contributed by atoms with E-state index in [1.165, 1.54) is 11.3 Å². The monoisotopic (exact) mass is 360 g/mol. The summed E-state index contributed by atoms with van der Waals surface area (Å²) in [5, 5.41) is 11.5. The molecule has 5 nitrogen and oxygen atoms in total.